The van der Waals surface area contributed by atoms with E-state index in [1.165, 1.54) is 11.1 Å². The van der Waals surface area contributed by atoms with Gasteiger partial charge in [-0.15, -0.1) is 0 Å². The number of benzene rings is 1. The highest BCUT2D eigenvalue weighted by Crippen LogP contribution is 2.26. The van der Waals surface area contributed by atoms with Crippen molar-refractivity contribution >= 4 is 5.91 Å². The summed E-state index contributed by atoms with van der Waals surface area (Å²) in [6.45, 7) is 3.79. The Hall–Kier alpha value is -2.20. The molecule has 25 heavy (non-hydrogen) atoms. The molecule has 0 unspecified atom stereocenters. The minimum Gasteiger partial charge on any atom is -0.341 e. The van der Waals surface area contributed by atoms with E-state index in [-0.39, 0.29) is 5.91 Å². The molecule has 1 aliphatic heterocycles. The van der Waals surface area contributed by atoms with E-state index in [0.717, 1.165) is 51.0 Å². The van der Waals surface area contributed by atoms with Crippen molar-refractivity contribution in [2.45, 2.75) is 31.7 Å². The highest BCUT2D eigenvalue weighted by Gasteiger charge is 2.28. The van der Waals surface area contributed by atoms with Gasteiger partial charge in [-0.3, -0.25) is 14.7 Å². The third-order valence-corrected chi connectivity index (χ3v) is 5.51. The van der Waals surface area contributed by atoms with Crippen molar-refractivity contribution in [2.75, 3.05) is 26.2 Å². The Morgan fingerprint density at radius 3 is 2.52 bits per heavy atom. The summed E-state index contributed by atoms with van der Waals surface area (Å²) in [6, 6.07) is 13.3. The molecule has 4 nitrogen and oxygen atoms in total. The van der Waals surface area contributed by atoms with E-state index in [0.29, 0.717) is 12.5 Å². The van der Waals surface area contributed by atoms with Crippen molar-refractivity contribution in [1.29, 1.82) is 0 Å². The normalized spacial score (nSPS) is 18.8. The number of pyridine rings is 1. The standard InChI is InChI=1S/C21H25N3O/c25-21(13-17-5-3-8-22-16-17)24-10-4-9-23(11-12-24)20-14-18-6-1-2-7-19(18)15-20/h1-3,5-8,16,20H,4,9-15H2. The predicted molar refractivity (Wildman–Crippen MR) is 98.3 cm³/mol. The van der Waals surface area contributed by atoms with E-state index < -0.39 is 0 Å². The molecule has 0 spiro atoms. The van der Waals surface area contributed by atoms with Gasteiger partial charge in [0.05, 0.1) is 6.42 Å². The summed E-state index contributed by atoms with van der Waals surface area (Å²) in [5.74, 6) is 0.226. The van der Waals surface area contributed by atoms with Gasteiger partial charge in [0, 0.05) is 44.6 Å². The smallest absolute Gasteiger partial charge is 0.227 e. The van der Waals surface area contributed by atoms with Crippen LogP contribution in [0.4, 0.5) is 0 Å². The van der Waals surface area contributed by atoms with Gasteiger partial charge in [-0.25, -0.2) is 0 Å². The Morgan fingerprint density at radius 2 is 1.80 bits per heavy atom. The number of carbonyl (C=O) groups excluding carboxylic acids is 1. The lowest BCUT2D eigenvalue weighted by Crippen LogP contribution is -2.40. The van der Waals surface area contributed by atoms with Crippen LogP contribution in [0.2, 0.25) is 0 Å². The lowest BCUT2D eigenvalue weighted by atomic mass is 10.1. The van der Waals surface area contributed by atoms with Gasteiger partial charge in [0.25, 0.3) is 0 Å². The number of rotatable bonds is 3. The molecule has 4 rings (SSSR count). The Labute approximate surface area is 149 Å². The lowest BCUT2D eigenvalue weighted by molar-refractivity contribution is -0.130. The summed E-state index contributed by atoms with van der Waals surface area (Å²) < 4.78 is 0. The molecule has 0 atom stereocenters. The number of hydrogen-bond donors (Lipinski definition) is 0. The van der Waals surface area contributed by atoms with Crippen molar-refractivity contribution in [3.63, 3.8) is 0 Å². The number of fused-ring (bicyclic) bond motifs is 1. The van der Waals surface area contributed by atoms with Crippen molar-refractivity contribution in [1.82, 2.24) is 14.8 Å². The summed E-state index contributed by atoms with van der Waals surface area (Å²) in [5, 5.41) is 0. The number of hydrogen-bond acceptors (Lipinski definition) is 3. The number of amides is 1. The summed E-state index contributed by atoms with van der Waals surface area (Å²) >= 11 is 0. The van der Waals surface area contributed by atoms with Crippen LogP contribution >= 0.6 is 0 Å². The molecule has 1 amide bonds. The first-order chi connectivity index (χ1) is 12.3. The second-order valence-corrected chi connectivity index (χ2v) is 7.14. The summed E-state index contributed by atoms with van der Waals surface area (Å²) in [5.41, 5.74) is 4.00. The third-order valence-electron chi connectivity index (χ3n) is 5.51. The Morgan fingerprint density at radius 1 is 1.00 bits per heavy atom. The molecule has 2 aliphatic rings. The molecule has 130 valence electrons. The molecule has 4 heteroatoms. The van der Waals surface area contributed by atoms with Gasteiger partial charge in [0.2, 0.25) is 5.91 Å². The van der Waals surface area contributed by atoms with Crippen LogP contribution in [0.3, 0.4) is 0 Å². The number of carbonyl (C=O) groups is 1. The Balaban J connectivity index is 1.34. The molecule has 1 fully saturated rings. The van der Waals surface area contributed by atoms with Crippen LogP contribution in [-0.4, -0.2) is 52.9 Å². The largest absolute Gasteiger partial charge is 0.341 e. The fourth-order valence-electron chi connectivity index (χ4n) is 4.13. The average Bonchev–Trinajstić information content (AvgIpc) is 2.91. The van der Waals surface area contributed by atoms with Gasteiger partial charge in [-0.1, -0.05) is 30.3 Å². The first-order valence-corrected chi connectivity index (χ1v) is 9.27. The summed E-state index contributed by atoms with van der Waals surface area (Å²) in [6.07, 6.45) is 7.36. The van der Waals surface area contributed by atoms with Gasteiger partial charge in [0.15, 0.2) is 0 Å². The van der Waals surface area contributed by atoms with E-state index in [4.69, 9.17) is 0 Å². The van der Waals surface area contributed by atoms with Crippen LogP contribution < -0.4 is 0 Å². The maximum atomic E-state index is 12.6. The van der Waals surface area contributed by atoms with E-state index in [1.807, 2.05) is 17.0 Å². The fourth-order valence-corrected chi connectivity index (χ4v) is 4.13. The van der Waals surface area contributed by atoms with Gasteiger partial charge < -0.3 is 4.90 Å². The lowest BCUT2D eigenvalue weighted by Gasteiger charge is -2.27. The first-order valence-electron chi connectivity index (χ1n) is 9.27. The molecule has 0 N–H and O–H groups in total. The van der Waals surface area contributed by atoms with Gasteiger partial charge in [-0.2, -0.15) is 0 Å². The van der Waals surface area contributed by atoms with Gasteiger partial charge >= 0.3 is 0 Å². The number of nitrogens with zero attached hydrogens (tertiary/aromatic N) is 3. The zero-order valence-electron chi connectivity index (χ0n) is 14.6. The molecule has 0 radical (unpaired) electrons. The minimum absolute atomic E-state index is 0.226. The summed E-state index contributed by atoms with van der Waals surface area (Å²) in [4.78, 5) is 21.3. The molecule has 1 aromatic heterocycles. The van der Waals surface area contributed by atoms with Crippen molar-refractivity contribution in [3.8, 4) is 0 Å². The molecular formula is C21H25N3O. The highest BCUT2D eigenvalue weighted by molar-refractivity contribution is 5.78. The van der Waals surface area contributed by atoms with Crippen molar-refractivity contribution in [3.05, 3.63) is 65.5 Å². The topological polar surface area (TPSA) is 36.4 Å². The van der Waals surface area contributed by atoms with Gasteiger partial charge in [0.1, 0.15) is 0 Å². The predicted octanol–water partition coefficient (Wildman–Crippen LogP) is 2.33. The molecular weight excluding hydrogens is 310 g/mol. The molecule has 0 saturated carbocycles. The zero-order chi connectivity index (χ0) is 17.1. The van der Waals surface area contributed by atoms with Crippen LogP contribution in [0.1, 0.15) is 23.1 Å². The van der Waals surface area contributed by atoms with E-state index in [9.17, 15) is 4.79 Å². The SMILES string of the molecule is O=C(Cc1cccnc1)N1CCCN(C2Cc3ccccc3C2)CC1. The third kappa shape index (κ3) is 3.74. The molecule has 1 aromatic carbocycles. The average molecular weight is 335 g/mol. The minimum atomic E-state index is 0.226. The Bertz CT molecular complexity index is 706. The number of aromatic nitrogens is 1. The zero-order valence-corrected chi connectivity index (χ0v) is 14.6. The quantitative estimate of drug-likeness (QED) is 0.864. The molecule has 2 heterocycles. The van der Waals surface area contributed by atoms with Crippen molar-refractivity contribution < 1.29 is 4.79 Å². The van der Waals surface area contributed by atoms with E-state index in [1.54, 1.807) is 12.4 Å². The first kappa shape index (κ1) is 16.3. The second-order valence-electron chi connectivity index (χ2n) is 7.14. The van der Waals surface area contributed by atoms with Gasteiger partial charge in [-0.05, 0) is 42.0 Å². The maximum absolute atomic E-state index is 12.6. The molecule has 0 bridgehead atoms. The summed E-state index contributed by atoms with van der Waals surface area (Å²) in [7, 11) is 0. The molecule has 1 aliphatic carbocycles. The fraction of sp³-hybridized carbons (Fsp3) is 0.429. The maximum Gasteiger partial charge on any atom is 0.227 e. The monoisotopic (exact) mass is 335 g/mol. The highest BCUT2D eigenvalue weighted by atomic mass is 16.2. The Kier molecular flexibility index (Phi) is 4.79. The van der Waals surface area contributed by atoms with Crippen LogP contribution in [0.25, 0.3) is 0 Å². The van der Waals surface area contributed by atoms with Crippen LogP contribution in [0.5, 0.6) is 0 Å². The van der Waals surface area contributed by atoms with E-state index >= 15 is 0 Å². The second kappa shape index (κ2) is 7.36. The van der Waals surface area contributed by atoms with Crippen LogP contribution in [0.15, 0.2) is 48.8 Å². The van der Waals surface area contributed by atoms with Crippen molar-refractivity contribution in [2.24, 2.45) is 0 Å². The molecule has 1 saturated heterocycles. The van der Waals surface area contributed by atoms with E-state index in [2.05, 4.69) is 34.1 Å². The van der Waals surface area contributed by atoms with Crippen LogP contribution in [-0.2, 0) is 24.1 Å². The molecule has 2 aromatic rings. The van der Waals surface area contributed by atoms with Crippen LogP contribution in [0, 0.1) is 0 Å².